The van der Waals surface area contributed by atoms with Gasteiger partial charge in [-0.3, -0.25) is 0 Å². The SMILES string of the molecule is CCc1ccc(S(=O)(=O)NCC(C)(C)CC)cc1C(=O)O. The maximum atomic E-state index is 12.3. The Morgan fingerprint density at radius 3 is 2.38 bits per heavy atom. The molecule has 1 rings (SSSR count). The van der Waals surface area contributed by atoms with Gasteiger partial charge in [-0.1, -0.05) is 33.8 Å². The Balaban J connectivity index is 3.09. The molecule has 0 aliphatic carbocycles. The molecule has 1 aromatic rings. The van der Waals surface area contributed by atoms with Crippen LogP contribution in [-0.4, -0.2) is 26.0 Å². The predicted octanol–water partition coefficient (Wildman–Crippen LogP) is 2.66. The van der Waals surface area contributed by atoms with Crippen LogP contribution in [-0.2, 0) is 16.4 Å². The second kappa shape index (κ2) is 6.58. The van der Waals surface area contributed by atoms with Crippen LogP contribution in [0.2, 0.25) is 0 Å². The van der Waals surface area contributed by atoms with Gasteiger partial charge in [0.1, 0.15) is 0 Å². The molecule has 1 aromatic carbocycles. The van der Waals surface area contributed by atoms with Crippen molar-refractivity contribution < 1.29 is 18.3 Å². The molecule has 0 spiro atoms. The highest BCUT2D eigenvalue weighted by Gasteiger charge is 2.22. The second-order valence-electron chi connectivity index (χ2n) is 5.82. The molecule has 0 heterocycles. The Morgan fingerprint density at radius 2 is 1.90 bits per heavy atom. The number of hydrogen-bond acceptors (Lipinski definition) is 3. The first-order chi connectivity index (χ1) is 9.63. The summed E-state index contributed by atoms with van der Waals surface area (Å²) >= 11 is 0. The zero-order valence-corrected chi connectivity index (χ0v) is 13.8. The molecule has 5 nitrogen and oxygen atoms in total. The van der Waals surface area contributed by atoms with E-state index < -0.39 is 16.0 Å². The number of sulfonamides is 1. The minimum atomic E-state index is -3.70. The molecule has 0 bridgehead atoms. The van der Waals surface area contributed by atoms with Crippen molar-refractivity contribution in [3.05, 3.63) is 29.3 Å². The average molecular weight is 313 g/mol. The van der Waals surface area contributed by atoms with Crippen molar-refractivity contribution in [2.75, 3.05) is 6.54 Å². The van der Waals surface area contributed by atoms with E-state index in [-0.39, 0.29) is 15.9 Å². The van der Waals surface area contributed by atoms with Gasteiger partial charge in [0.2, 0.25) is 10.0 Å². The minimum absolute atomic E-state index is 0.0102. The van der Waals surface area contributed by atoms with Gasteiger partial charge in [0.25, 0.3) is 0 Å². The summed E-state index contributed by atoms with van der Waals surface area (Å²) in [6.45, 7) is 8.07. The van der Waals surface area contributed by atoms with E-state index in [2.05, 4.69) is 4.72 Å². The van der Waals surface area contributed by atoms with E-state index in [1.807, 2.05) is 27.7 Å². The third kappa shape index (κ3) is 4.54. The summed E-state index contributed by atoms with van der Waals surface area (Å²) in [5.74, 6) is -1.11. The number of aryl methyl sites for hydroxylation is 1. The summed E-state index contributed by atoms with van der Waals surface area (Å²) < 4.78 is 27.1. The van der Waals surface area contributed by atoms with Gasteiger partial charge in [-0.05, 0) is 36.0 Å². The molecule has 6 heteroatoms. The van der Waals surface area contributed by atoms with Crippen LogP contribution in [0.25, 0.3) is 0 Å². The third-order valence-electron chi connectivity index (χ3n) is 3.70. The Hall–Kier alpha value is -1.40. The van der Waals surface area contributed by atoms with Crippen LogP contribution < -0.4 is 4.72 Å². The standard InChI is InChI=1S/C15H23NO4S/c1-5-11-7-8-12(9-13(11)14(17)18)21(19,20)16-10-15(3,4)6-2/h7-9,16H,5-6,10H2,1-4H3,(H,17,18). The van der Waals surface area contributed by atoms with Crippen molar-refractivity contribution >= 4 is 16.0 Å². The number of hydrogen-bond donors (Lipinski definition) is 2. The van der Waals surface area contributed by atoms with Crippen LogP contribution >= 0.6 is 0 Å². The zero-order valence-electron chi connectivity index (χ0n) is 12.9. The Kier molecular flexibility index (Phi) is 5.53. The highest BCUT2D eigenvalue weighted by atomic mass is 32.2. The van der Waals surface area contributed by atoms with Crippen molar-refractivity contribution in [3.63, 3.8) is 0 Å². The smallest absolute Gasteiger partial charge is 0.336 e. The molecular weight excluding hydrogens is 290 g/mol. The van der Waals surface area contributed by atoms with Crippen molar-refractivity contribution in [3.8, 4) is 0 Å². The topological polar surface area (TPSA) is 83.5 Å². The number of carboxylic acids is 1. The largest absolute Gasteiger partial charge is 0.478 e. The highest BCUT2D eigenvalue weighted by Crippen LogP contribution is 2.21. The lowest BCUT2D eigenvalue weighted by molar-refractivity contribution is 0.0695. The van der Waals surface area contributed by atoms with Crippen LogP contribution in [0.1, 0.15) is 50.0 Å². The van der Waals surface area contributed by atoms with Gasteiger partial charge in [-0.15, -0.1) is 0 Å². The fourth-order valence-corrected chi connectivity index (χ4v) is 3.00. The first-order valence-electron chi connectivity index (χ1n) is 6.99. The molecule has 0 unspecified atom stereocenters. The van der Waals surface area contributed by atoms with Crippen LogP contribution in [0.15, 0.2) is 23.1 Å². The molecular formula is C15H23NO4S. The van der Waals surface area contributed by atoms with Crippen molar-refractivity contribution in [2.45, 2.75) is 45.4 Å². The molecule has 0 aliphatic heterocycles. The summed E-state index contributed by atoms with van der Waals surface area (Å²) in [5.41, 5.74) is 0.511. The molecule has 0 atom stereocenters. The molecule has 0 radical (unpaired) electrons. The van der Waals surface area contributed by atoms with Crippen LogP contribution in [0.4, 0.5) is 0 Å². The zero-order chi connectivity index (χ0) is 16.3. The summed E-state index contributed by atoms with van der Waals surface area (Å²) in [4.78, 5) is 11.2. The predicted molar refractivity (Wildman–Crippen MR) is 82.0 cm³/mol. The summed E-state index contributed by atoms with van der Waals surface area (Å²) in [6, 6.07) is 4.23. The van der Waals surface area contributed by atoms with E-state index in [0.29, 0.717) is 18.5 Å². The first-order valence-corrected chi connectivity index (χ1v) is 8.47. The Bertz CT molecular complexity index is 621. The van der Waals surface area contributed by atoms with E-state index in [9.17, 15) is 13.2 Å². The van der Waals surface area contributed by atoms with Crippen molar-refractivity contribution in [2.24, 2.45) is 5.41 Å². The monoisotopic (exact) mass is 313 g/mol. The molecule has 2 N–H and O–H groups in total. The summed E-state index contributed by atoms with van der Waals surface area (Å²) in [5, 5.41) is 9.17. The molecule has 0 saturated carbocycles. The molecule has 0 aliphatic rings. The maximum absolute atomic E-state index is 12.3. The summed E-state index contributed by atoms with van der Waals surface area (Å²) in [7, 11) is -3.70. The number of benzene rings is 1. The van der Waals surface area contributed by atoms with E-state index in [0.717, 1.165) is 6.42 Å². The molecule has 0 fully saturated rings. The number of carbonyl (C=O) groups is 1. The normalized spacial score (nSPS) is 12.4. The van der Waals surface area contributed by atoms with Gasteiger partial charge in [-0.25, -0.2) is 17.9 Å². The molecule has 0 amide bonds. The Labute approximate surface area is 126 Å². The molecule has 0 aromatic heterocycles. The van der Waals surface area contributed by atoms with E-state index in [4.69, 9.17) is 5.11 Å². The molecule has 118 valence electrons. The lowest BCUT2D eigenvalue weighted by atomic mass is 9.91. The van der Waals surface area contributed by atoms with Gasteiger partial charge in [-0.2, -0.15) is 0 Å². The van der Waals surface area contributed by atoms with E-state index >= 15 is 0 Å². The number of carboxylic acid groups (broad SMARTS) is 1. The van der Waals surface area contributed by atoms with Gasteiger partial charge in [0.15, 0.2) is 0 Å². The van der Waals surface area contributed by atoms with Gasteiger partial charge < -0.3 is 5.11 Å². The minimum Gasteiger partial charge on any atom is -0.478 e. The first kappa shape index (κ1) is 17.7. The number of aromatic carboxylic acids is 1. The molecule has 0 saturated heterocycles. The van der Waals surface area contributed by atoms with E-state index in [1.54, 1.807) is 6.07 Å². The second-order valence-corrected chi connectivity index (χ2v) is 7.59. The average Bonchev–Trinajstić information content (AvgIpc) is 2.44. The fraction of sp³-hybridized carbons (Fsp3) is 0.533. The fourth-order valence-electron chi connectivity index (χ4n) is 1.73. The van der Waals surface area contributed by atoms with E-state index in [1.165, 1.54) is 12.1 Å². The molecule has 21 heavy (non-hydrogen) atoms. The Morgan fingerprint density at radius 1 is 1.29 bits per heavy atom. The van der Waals surface area contributed by atoms with Gasteiger partial charge >= 0.3 is 5.97 Å². The van der Waals surface area contributed by atoms with Gasteiger partial charge in [0.05, 0.1) is 10.5 Å². The van der Waals surface area contributed by atoms with Crippen molar-refractivity contribution in [1.82, 2.24) is 4.72 Å². The van der Waals surface area contributed by atoms with Crippen LogP contribution in [0, 0.1) is 5.41 Å². The lowest BCUT2D eigenvalue weighted by Gasteiger charge is -2.22. The van der Waals surface area contributed by atoms with Crippen LogP contribution in [0.3, 0.4) is 0 Å². The lowest BCUT2D eigenvalue weighted by Crippen LogP contribution is -2.33. The summed E-state index contributed by atoms with van der Waals surface area (Å²) in [6.07, 6.45) is 1.38. The number of nitrogens with one attached hydrogen (secondary N) is 1. The quantitative estimate of drug-likeness (QED) is 0.810. The highest BCUT2D eigenvalue weighted by molar-refractivity contribution is 7.89. The number of rotatable bonds is 7. The maximum Gasteiger partial charge on any atom is 0.336 e. The van der Waals surface area contributed by atoms with Gasteiger partial charge in [0, 0.05) is 6.54 Å². The third-order valence-corrected chi connectivity index (χ3v) is 5.10. The van der Waals surface area contributed by atoms with Crippen molar-refractivity contribution in [1.29, 1.82) is 0 Å². The van der Waals surface area contributed by atoms with Crippen LogP contribution in [0.5, 0.6) is 0 Å².